The summed E-state index contributed by atoms with van der Waals surface area (Å²) in [5.41, 5.74) is 0.676. The van der Waals surface area contributed by atoms with E-state index < -0.39 is 21.6 Å². The van der Waals surface area contributed by atoms with Crippen molar-refractivity contribution in [3.63, 3.8) is 0 Å². The lowest BCUT2D eigenvalue weighted by Crippen LogP contribution is -2.46. The molecule has 1 aliphatic carbocycles. The van der Waals surface area contributed by atoms with Gasteiger partial charge in [-0.25, -0.2) is 8.42 Å². The summed E-state index contributed by atoms with van der Waals surface area (Å²) in [6, 6.07) is 11.2. The van der Waals surface area contributed by atoms with E-state index in [4.69, 9.17) is 0 Å². The van der Waals surface area contributed by atoms with Crippen LogP contribution in [0.15, 0.2) is 53.4 Å². The monoisotopic (exact) mass is 409 g/mol. The molecule has 1 heterocycles. The summed E-state index contributed by atoms with van der Waals surface area (Å²) < 4.78 is 63.6. The molecular formula is C20H18F3NO3S. The van der Waals surface area contributed by atoms with Crippen molar-refractivity contribution < 1.29 is 26.4 Å². The summed E-state index contributed by atoms with van der Waals surface area (Å²) in [7, 11) is -3.82. The van der Waals surface area contributed by atoms with Crippen LogP contribution in [0, 0.1) is 5.92 Å². The van der Waals surface area contributed by atoms with Gasteiger partial charge < -0.3 is 4.90 Å². The molecule has 1 aliphatic heterocycles. The molecule has 2 aromatic rings. The van der Waals surface area contributed by atoms with Crippen LogP contribution in [0.4, 0.5) is 13.2 Å². The molecule has 0 unspecified atom stereocenters. The Bertz CT molecular complexity index is 1030. The van der Waals surface area contributed by atoms with Crippen LogP contribution in [0.1, 0.15) is 34.3 Å². The lowest BCUT2D eigenvalue weighted by atomic mass is 9.80. The number of carbonyl (C=O) groups excluding carboxylic acids is 1. The van der Waals surface area contributed by atoms with Gasteiger partial charge in [0.15, 0.2) is 9.84 Å². The topological polar surface area (TPSA) is 54.5 Å². The van der Waals surface area contributed by atoms with E-state index >= 15 is 0 Å². The number of carbonyl (C=O) groups is 1. The third-order valence-corrected chi connectivity index (χ3v) is 7.36. The van der Waals surface area contributed by atoms with Crippen molar-refractivity contribution in [3.05, 3.63) is 65.2 Å². The molecule has 0 aromatic heterocycles. The standard InChI is InChI=1S/C20H18F3NO3S/c21-20(22,23)15-5-3-6-17(10-15)28(26,27)12-13-8-16(9-13)24-11-14-4-1-2-7-18(14)19(24)25/h1-7,10,13,16H,8-9,11-12H2. The van der Waals surface area contributed by atoms with Crippen LogP contribution in [0.2, 0.25) is 0 Å². The molecule has 2 aromatic carbocycles. The first-order valence-electron chi connectivity index (χ1n) is 8.94. The number of fused-ring (bicyclic) bond motifs is 1. The maximum atomic E-state index is 12.8. The zero-order valence-corrected chi connectivity index (χ0v) is 15.6. The molecule has 0 bridgehead atoms. The van der Waals surface area contributed by atoms with E-state index in [2.05, 4.69) is 0 Å². The molecule has 1 amide bonds. The molecule has 28 heavy (non-hydrogen) atoms. The van der Waals surface area contributed by atoms with Crippen molar-refractivity contribution in [2.45, 2.75) is 36.5 Å². The second-order valence-electron chi connectivity index (χ2n) is 7.39. The Kier molecular flexibility index (Phi) is 4.49. The van der Waals surface area contributed by atoms with Crippen molar-refractivity contribution >= 4 is 15.7 Å². The fourth-order valence-corrected chi connectivity index (χ4v) is 5.61. The molecule has 2 aliphatic rings. The first-order valence-corrected chi connectivity index (χ1v) is 10.6. The van der Waals surface area contributed by atoms with Crippen molar-refractivity contribution in [1.29, 1.82) is 0 Å². The van der Waals surface area contributed by atoms with E-state index in [1.807, 2.05) is 18.2 Å². The Hall–Kier alpha value is -2.35. The maximum Gasteiger partial charge on any atom is 0.416 e. The number of rotatable bonds is 4. The number of hydrogen-bond donors (Lipinski definition) is 0. The Morgan fingerprint density at radius 1 is 1.04 bits per heavy atom. The van der Waals surface area contributed by atoms with Crippen molar-refractivity contribution in [2.75, 3.05) is 5.75 Å². The van der Waals surface area contributed by atoms with Gasteiger partial charge in [0.2, 0.25) is 0 Å². The number of benzene rings is 2. The molecule has 0 radical (unpaired) electrons. The highest BCUT2D eigenvalue weighted by molar-refractivity contribution is 7.91. The minimum Gasteiger partial charge on any atom is -0.331 e. The fourth-order valence-electron chi connectivity index (χ4n) is 3.94. The van der Waals surface area contributed by atoms with Crippen molar-refractivity contribution in [1.82, 2.24) is 4.90 Å². The maximum absolute atomic E-state index is 12.8. The molecule has 4 nitrogen and oxygen atoms in total. The van der Waals surface area contributed by atoms with Crippen molar-refractivity contribution in [3.8, 4) is 0 Å². The van der Waals surface area contributed by atoms with E-state index in [1.165, 1.54) is 6.07 Å². The number of nitrogens with zero attached hydrogens (tertiary/aromatic N) is 1. The SMILES string of the molecule is O=C1c2ccccc2CN1C1CC(CS(=O)(=O)c2cccc(C(F)(F)F)c2)C1. The molecule has 1 fully saturated rings. The number of sulfone groups is 1. The van der Waals surface area contributed by atoms with Crippen LogP contribution in [0.3, 0.4) is 0 Å². The minimum absolute atomic E-state index is 0.0263. The van der Waals surface area contributed by atoms with Gasteiger partial charge in [0.05, 0.1) is 16.2 Å². The van der Waals surface area contributed by atoms with E-state index in [0.29, 0.717) is 31.0 Å². The Morgan fingerprint density at radius 3 is 2.43 bits per heavy atom. The average Bonchev–Trinajstić information content (AvgIpc) is 2.94. The molecular weight excluding hydrogens is 391 g/mol. The second kappa shape index (κ2) is 6.62. The van der Waals surface area contributed by atoms with Crippen LogP contribution >= 0.6 is 0 Å². The van der Waals surface area contributed by atoms with Crippen LogP contribution in [0.25, 0.3) is 0 Å². The molecule has 0 spiro atoms. The Morgan fingerprint density at radius 2 is 1.75 bits per heavy atom. The molecule has 8 heteroatoms. The number of alkyl halides is 3. The van der Waals surface area contributed by atoms with Gasteiger partial charge in [0.25, 0.3) is 5.91 Å². The van der Waals surface area contributed by atoms with Crippen LogP contribution in [-0.4, -0.2) is 31.0 Å². The van der Waals surface area contributed by atoms with E-state index in [0.717, 1.165) is 17.7 Å². The van der Waals surface area contributed by atoms with Gasteiger partial charge in [-0.2, -0.15) is 13.2 Å². The number of halogens is 3. The van der Waals surface area contributed by atoms with Gasteiger partial charge in [0.1, 0.15) is 0 Å². The second-order valence-corrected chi connectivity index (χ2v) is 9.42. The molecule has 0 saturated heterocycles. The first-order chi connectivity index (χ1) is 13.1. The minimum atomic E-state index is -4.59. The normalized spacial score (nSPS) is 22.1. The Balaban J connectivity index is 1.40. The first kappa shape index (κ1) is 19.0. The predicted molar refractivity (Wildman–Crippen MR) is 96.3 cm³/mol. The van der Waals surface area contributed by atoms with Gasteiger partial charge in [0, 0.05) is 18.2 Å². The lowest BCUT2D eigenvalue weighted by Gasteiger charge is -2.41. The van der Waals surface area contributed by atoms with Gasteiger partial charge >= 0.3 is 6.18 Å². The summed E-state index contributed by atoms with van der Waals surface area (Å²) >= 11 is 0. The van der Waals surface area contributed by atoms with Gasteiger partial charge in [-0.15, -0.1) is 0 Å². The predicted octanol–water partition coefficient (Wildman–Crippen LogP) is 3.91. The number of amides is 1. The summed E-state index contributed by atoms with van der Waals surface area (Å²) in [5, 5.41) is 0. The largest absolute Gasteiger partial charge is 0.416 e. The van der Waals surface area contributed by atoms with Gasteiger partial charge in [-0.3, -0.25) is 4.79 Å². The highest BCUT2D eigenvalue weighted by Crippen LogP contribution is 2.38. The average molecular weight is 409 g/mol. The van der Waals surface area contributed by atoms with E-state index in [9.17, 15) is 26.4 Å². The molecule has 1 saturated carbocycles. The van der Waals surface area contributed by atoms with E-state index in [1.54, 1.807) is 11.0 Å². The summed E-state index contributed by atoms with van der Waals surface area (Å²) in [6.07, 6.45) is -3.51. The summed E-state index contributed by atoms with van der Waals surface area (Å²) in [5.74, 6) is -0.416. The smallest absolute Gasteiger partial charge is 0.331 e. The molecule has 0 atom stereocenters. The van der Waals surface area contributed by atoms with Crippen LogP contribution in [-0.2, 0) is 22.6 Å². The molecule has 148 valence electrons. The summed E-state index contributed by atoms with van der Waals surface area (Å²) in [6.45, 7) is 0.521. The van der Waals surface area contributed by atoms with Crippen LogP contribution < -0.4 is 0 Å². The fraction of sp³-hybridized carbons (Fsp3) is 0.350. The number of hydrogen-bond acceptors (Lipinski definition) is 3. The van der Waals surface area contributed by atoms with E-state index in [-0.39, 0.29) is 28.5 Å². The summed E-state index contributed by atoms with van der Waals surface area (Å²) in [4.78, 5) is 13.9. The van der Waals surface area contributed by atoms with Crippen molar-refractivity contribution in [2.24, 2.45) is 5.92 Å². The lowest BCUT2D eigenvalue weighted by molar-refractivity contribution is -0.137. The molecule has 4 rings (SSSR count). The quantitative estimate of drug-likeness (QED) is 0.769. The zero-order valence-electron chi connectivity index (χ0n) is 14.8. The zero-order chi connectivity index (χ0) is 20.1. The third-order valence-electron chi connectivity index (χ3n) is 5.48. The highest BCUT2D eigenvalue weighted by Gasteiger charge is 2.41. The Labute approximate surface area is 160 Å². The van der Waals surface area contributed by atoms with Gasteiger partial charge in [-0.05, 0) is 48.6 Å². The third kappa shape index (κ3) is 3.41. The molecule has 0 N–H and O–H groups in total. The highest BCUT2D eigenvalue weighted by atomic mass is 32.2. The van der Waals surface area contributed by atoms with Crippen LogP contribution in [0.5, 0.6) is 0 Å². The van der Waals surface area contributed by atoms with Gasteiger partial charge in [-0.1, -0.05) is 24.3 Å².